The predicted octanol–water partition coefficient (Wildman–Crippen LogP) is 6.49. The Morgan fingerprint density at radius 3 is 2.27 bits per heavy atom. The summed E-state index contributed by atoms with van der Waals surface area (Å²) in [5, 5.41) is 0. The van der Waals surface area contributed by atoms with Crippen molar-refractivity contribution in [1.82, 2.24) is 0 Å². The van der Waals surface area contributed by atoms with Crippen LogP contribution >= 0.6 is 11.3 Å². The summed E-state index contributed by atoms with van der Waals surface area (Å²) in [6, 6.07) is 2.38. The van der Waals surface area contributed by atoms with Gasteiger partial charge in [0.05, 0.1) is 12.8 Å². The molecule has 0 bridgehead atoms. The fraction of sp³-hybridized carbons (Fsp3) is 0.680. The van der Waals surface area contributed by atoms with Gasteiger partial charge in [-0.3, -0.25) is 4.79 Å². The van der Waals surface area contributed by atoms with Crippen molar-refractivity contribution in [3.63, 3.8) is 0 Å². The van der Waals surface area contributed by atoms with E-state index in [0.29, 0.717) is 29.4 Å². The van der Waals surface area contributed by atoms with Crippen LogP contribution in [0.3, 0.4) is 0 Å². The van der Waals surface area contributed by atoms with Crippen molar-refractivity contribution in [2.24, 2.45) is 11.8 Å². The van der Waals surface area contributed by atoms with Crippen LogP contribution in [0.4, 0.5) is 5.69 Å². The average molecular weight is 432 g/mol. The van der Waals surface area contributed by atoms with Crippen molar-refractivity contribution < 1.29 is 14.3 Å². The van der Waals surface area contributed by atoms with E-state index in [4.69, 9.17) is 4.74 Å². The van der Waals surface area contributed by atoms with Crippen molar-refractivity contribution in [2.45, 2.75) is 90.5 Å². The lowest BCUT2D eigenvalue weighted by Crippen LogP contribution is -2.40. The molecule has 0 radical (unpaired) electrons. The zero-order chi connectivity index (χ0) is 22.1. The number of nitrogens with zero attached hydrogens (tertiary/aromatic N) is 1. The highest BCUT2D eigenvalue weighted by atomic mass is 32.1. The quantitative estimate of drug-likeness (QED) is 0.500. The number of methoxy groups -OCH3 is 1. The van der Waals surface area contributed by atoms with Crippen LogP contribution in [0.25, 0.3) is 0 Å². The standard InChI is InChI=1S/C25H37NO3S/c1-16-7-9-18(10-8-16)17(2)26(19-11-13-20(27)14-12-19)21-15-22(25(3,4)5)30-23(21)24(28)29-6/h15-16,18-19H,2,7-14H2,1,3-6H3/t16-,18-. The van der Waals surface area contributed by atoms with Crippen LogP contribution in [-0.4, -0.2) is 24.9 Å². The van der Waals surface area contributed by atoms with Crippen LogP contribution in [0.2, 0.25) is 0 Å². The molecule has 1 aromatic rings. The van der Waals surface area contributed by atoms with Crippen molar-refractivity contribution in [3.8, 4) is 0 Å². The van der Waals surface area contributed by atoms with Crippen molar-refractivity contribution in [1.29, 1.82) is 0 Å². The van der Waals surface area contributed by atoms with Gasteiger partial charge in [-0.2, -0.15) is 0 Å². The Hall–Kier alpha value is -1.62. The molecule has 0 unspecified atom stereocenters. The minimum absolute atomic E-state index is 0.0541. The Morgan fingerprint density at radius 2 is 1.73 bits per heavy atom. The van der Waals surface area contributed by atoms with Gasteiger partial charge in [-0.15, -0.1) is 11.3 Å². The minimum atomic E-state index is -0.285. The summed E-state index contributed by atoms with van der Waals surface area (Å²) in [5.41, 5.74) is 1.99. The molecular weight excluding hydrogens is 394 g/mol. The molecule has 30 heavy (non-hydrogen) atoms. The Morgan fingerprint density at radius 1 is 1.13 bits per heavy atom. The van der Waals surface area contributed by atoms with Gasteiger partial charge in [0, 0.05) is 29.5 Å². The lowest BCUT2D eigenvalue weighted by atomic mass is 9.80. The molecule has 0 amide bonds. The fourth-order valence-electron chi connectivity index (χ4n) is 4.73. The summed E-state index contributed by atoms with van der Waals surface area (Å²) < 4.78 is 5.16. The van der Waals surface area contributed by atoms with E-state index < -0.39 is 0 Å². The van der Waals surface area contributed by atoms with E-state index >= 15 is 0 Å². The van der Waals surface area contributed by atoms with Crippen molar-refractivity contribution >= 4 is 28.8 Å². The molecule has 3 rings (SSSR count). The first-order valence-corrected chi connectivity index (χ1v) is 12.2. The van der Waals surface area contributed by atoms with Gasteiger partial charge < -0.3 is 9.64 Å². The fourth-order valence-corrected chi connectivity index (χ4v) is 5.85. The molecule has 2 aliphatic carbocycles. The molecule has 0 spiro atoms. The normalized spacial score (nSPS) is 23.3. The number of hydrogen-bond acceptors (Lipinski definition) is 5. The maximum atomic E-state index is 12.7. The zero-order valence-corrected chi connectivity index (χ0v) is 20.1. The van der Waals surface area contributed by atoms with Crippen LogP contribution in [0, 0.1) is 11.8 Å². The maximum Gasteiger partial charge on any atom is 0.350 e. The van der Waals surface area contributed by atoms with E-state index in [-0.39, 0.29) is 17.4 Å². The van der Waals surface area contributed by atoms with E-state index in [0.717, 1.165) is 43.0 Å². The number of Topliss-reactive ketones (excluding diaryl/α,β-unsaturated/α-hetero) is 1. The summed E-state index contributed by atoms with van der Waals surface area (Å²) in [4.78, 5) is 28.8. The summed E-state index contributed by atoms with van der Waals surface area (Å²) in [6.45, 7) is 13.4. The highest BCUT2D eigenvalue weighted by Gasteiger charge is 2.35. The van der Waals surface area contributed by atoms with Gasteiger partial charge >= 0.3 is 5.97 Å². The molecule has 2 fully saturated rings. The highest BCUT2D eigenvalue weighted by molar-refractivity contribution is 7.14. The topological polar surface area (TPSA) is 46.6 Å². The van der Waals surface area contributed by atoms with Crippen molar-refractivity contribution in [2.75, 3.05) is 12.0 Å². The second-order valence-electron chi connectivity index (χ2n) is 10.2. The molecule has 5 heteroatoms. The SMILES string of the molecule is C=C([C@H]1CC[C@H](C)CC1)N(c1cc(C(C)(C)C)sc1C(=O)OC)C1CCC(=O)CC1. The number of anilines is 1. The number of hydrogen-bond donors (Lipinski definition) is 0. The van der Waals surface area contributed by atoms with E-state index in [1.165, 1.54) is 36.2 Å². The molecule has 1 heterocycles. The second-order valence-corrected chi connectivity index (χ2v) is 11.2. The molecule has 0 saturated heterocycles. The number of carbonyl (C=O) groups is 2. The monoisotopic (exact) mass is 431 g/mol. The van der Waals surface area contributed by atoms with Gasteiger partial charge in [-0.1, -0.05) is 47.1 Å². The van der Waals surface area contributed by atoms with Gasteiger partial charge in [0.15, 0.2) is 0 Å². The second kappa shape index (κ2) is 9.25. The highest BCUT2D eigenvalue weighted by Crippen LogP contribution is 2.44. The summed E-state index contributed by atoms with van der Waals surface area (Å²) in [7, 11) is 1.45. The van der Waals surface area contributed by atoms with Gasteiger partial charge in [0.25, 0.3) is 0 Å². The molecule has 0 atom stereocenters. The molecule has 2 saturated carbocycles. The third-order valence-electron chi connectivity index (χ3n) is 6.76. The molecule has 1 aromatic heterocycles. The van der Waals surface area contributed by atoms with Crippen LogP contribution in [0.15, 0.2) is 18.3 Å². The molecule has 2 aliphatic rings. The molecule has 0 N–H and O–H groups in total. The zero-order valence-electron chi connectivity index (χ0n) is 19.3. The number of esters is 1. The van der Waals surface area contributed by atoms with Crippen molar-refractivity contribution in [3.05, 3.63) is 28.1 Å². The maximum absolute atomic E-state index is 12.7. The molecule has 166 valence electrons. The third kappa shape index (κ3) is 4.99. The van der Waals surface area contributed by atoms with Gasteiger partial charge in [-0.25, -0.2) is 4.79 Å². The number of allylic oxidation sites excluding steroid dienone is 1. The molecule has 0 aromatic carbocycles. The number of ether oxygens (including phenoxy) is 1. The Kier molecular flexibility index (Phi) is 7.11. The molecular formula is C25H37NO3S. The summed E-state index contributed by atoms with van der Waals surface area (Å²) >= 11 is 1.53. The summed E-state index contributed by atoms with van der Waals surface area (Å²) in [6.07, 6.45) is 7.60. The third-order valence-corrected chi connectivity index (χ3v) is 8.29. The Bertz CT molecular complexity index is 786. The van der Waals surface area contributed by atoms with E-state index in [1.54, 1.807) is 0 Å². The van der Waals surface area contributed by atoms with Gasteiger partial charge in [-0.05, 0) is 49.0 Å². The number of thiophene rings is 1. The lowest BCUT2D eigenvalue weighted by Gasteiger charge is -2.41. The number of rotatable bonds is 5. The van der Waals surface area contributed by atoms with Crippen LogP contribution in [0.5, 0.6) is 0 Å². The summed E-state index contributed by atoms with van der Waals surface area (Å²) in [5.74, 6) is 1.26. The molecule has 0 aliphatic heterocycles. The van der Waals surface area contributed by atoms with Crippen LogP contribution < -0.4 is 4.90 Å². The van der Waals surface area contributed by atoms with E-state index in [1.807, 2.05) is 0 Å². The van der Waals surface area contributed by atoms with Crippen LogP contribution in [0.1, 0.15) is 93.6 Å². The predicted molar refractivity (Wildman–Crippen MR) is 124 cm³/mol. The average Bonchev–Trinajstić information content (AvgIpc) is 3.15. The number of ketones is 1. The Labute approximate surface area is 185 Å². The first-order valence-electron chi connectivity index (χ1n) is 11.3. The minimum Gasteiger partial charge on any atom is -0.465 e. The lowest BCUT2D eigenvalue weighted by molar-refractivity contribution is -0.120. The largest absolute Gasteiger partial charge is 0.465 e. The van der Waals surface area contributed by atoms with Gasteiger partial charge in [0.1, 0.15) is 10.7 Å². The van der Waals surface area contributed by atoms with E-state index in [2.05, 4.69) is 45.2 Å². The molecule has 4 nitrogen and oxygen atoms in total. The first-order chi connectivity index (χ1) is 14.1. The smallest absolute Gasteiger partial charge is 0.350 e. The Balaban J connectivity index is 2.03. The van der Waals surface area contributed by atoms with E-state index in [9.17, 15) is 9.59 Å². The number of carbonyl (C=O) groups excluding carboxylic acids is 2. The van der Waals surface area contributed by atoms with Crippen LogP contribution in [-0.2, 0) is 14.9 Å². The first kappa shape index (κ1) is 23.1. The van der Waals surface area contributed by atoms with Gasteiger partial charge in [0.2, 0.25) is 0 Å².